The van der Waals surface area contributed by atoms with Gasteiger partial charge in [-0.05, 0) is 82.0 Å². The molecule has 186 valence electrons. The topological polar surface area (TPSA) is 123 Å². The third kappa shape index (κ3) is 10.1. The summed E-state index contributed by atoms with van der Waals surface area (Å²) in [6, 6.07) is 14.5. The molecule has 8 nitrogen and oxygen atoms in total. The van der Waals surface area contributed by atoms with Crippen LogP contribution in [0.1, 0.15) is 56.0 Å². The van der Waals surface area contributed by atoms with Gasteiger partial charge in [0.15, 0.2) is 0 Å². The van der Waals surface area contributed by atoms with Crippen LogP contribution in [0.5, 0.6) is 5.75 Å². The number of rotatable bonds is 12. The molecule has 0 aliphatic rings. The maximum absolute atomic E-state index is 12.8. The van der Waals surface area contributed by atoms with Gasteiger partial charge < -0.3 is 31.7 Å². The summed E-state index contributed by atoms with van der Waals surface area (Å²) < 4.78 is 5.79. The molecule has 0 bridgehead atoms. The molecule has 0 radical (unpaired) electrons. The average Bonchev–Trinajstić information content (AvgIpc) is 2.79. The quantitative estimate of drug-likeness (QED) is 0.280. The maximum atomic E-state index is 12.8. The fourth-order valence-electron chi connectivity index (χ4n) is 3.24. The first-order valence-electron chi connectivity index (χ1n) is 11.8. The van der Waals surface area contributed by atoms with Crippen molar-refractivity contribution in [1.29, 1.82) is 0 Å². The van der Waals surface area contributed by atoms with Gasteiger partial charge in [0, 0.05) is 43.0 Å². The summed E-state index contributed by atoms with van der Waals surface area (Å²) >= 11 is 0. The van der Waals surface area contributed by atoms with Crippen molar-refractivity contribution in [3.8, 4) is 5.75 Å². The average molecular weight is 470 g/mol. The largest absolute Gasteiger partial charge is 0.494 e. The highest BCUT2D eigenvalue weighted by Crippen LogP contribution is 2.12. The zero-order chi connectivity index (χ0) is 25.0. The third-order valence-corrected chi connectivity index (χ3v) is 5.08. The lowest BCUT2D eigenvalue weighted by molar-refractivity contribution is 0.0952. The Morgan fingerprint density at radius 2 is 1.59 bits per heavy atom. The van der Waals surface area contributed by atoms with Crippen LogP contribution in [0.4, 0.5) is 10.5 Å². The first kappa shape index (κ1) is 27.0. The maximum Gasteiger partial charge on any atom is 0.317 e. The van der Waals surface area contributed by atoms with Crippen LogP contribution in [0.3, 0.4) is 0 Å². The van der Waals surface area contributed by atoms with Crippen LogP contribution in [0.2, 0.25) is 0 Å². The molecule has 0 atom stereocenters. The van der Waals surface area contributed by atoms with Gasteiger partial charge in [-0.25, -0.2) is 4.79 Å². The summed E-state index contributed by atoms with van der Waals surface area (Å²) in [5.74, 6) is 0.665. The number of anilines is 1. The Bertz CT molecular complexity index is 892. The molecule has 0 spiro atoms. The van der Waals surface area contributed by atoms with Crippen molar-refractivity contribution in [2.45, 2.75) is 52.1 Å². The molecule has 0 saturated heterocycles. The van der Waals surface area contributed by atoms with Crippen molar-refractivity contribution >= 4 is 17.6 Å². The van der Waals surface area contributed by atoms with Crippen LogP contribution in [0.15, 0.2) is 48.5 Å². The molecule has 2 rings (SSSR count). The molecule has 0 aliphatic carbocycles. The number of benzene rings is 2. The Hall–Kier alpha value is -3.26. The van der Waals surface area contributed by atoms with Crippen LogP contribution in [0, 0.1) is 0 Å². The third-order valence-electron chi connectivity index (χ3n) is 5.08. The number of nitrogen functional groups attached to an aromatic ring is 1. The van der Waals surface area contributed by atoms with Gasteiger partial charge in [0.2, 0.25) is 0 Å². The predicted octanol–water partition coefficient (Wildman–Crippen LogP) is 3.52. The zero-order valence-electron chi connectivity index (χ0n) is 20.6. The van der Waals surface area contributed by atoms with Gasteiger partial charge in [-0.3, -0.25) is 4.79 Å². The minimum Gasteiger partial charge on any atom is -0.494 e. The van der Waals surface area contributed by atoms with Gasteiger partial charge in [0.25, 0.3) is 5.91 Å². The van der Waals surface area contributed by atoms with Crippen LogP contribution in [0.25, 0.3) is 0 Å². The fraction of sp³-hybridized carbons (Fsp3) is 0.462. The van der Waals surface area contributed by atoms with Crippen molar-refractivity contribution in [2.24, 2.45) is 5.73 Å². The van der Waals surface area contributed by atoms with Crippen LogP contribution in [-0.4, -0.2) is 48.6 Å². The van der Waals surface area contributed by atoms with Gasteiger partial charge in [-0.1, -0.05) is 12.1 Å². The number of ether oxygens (including phenoxy) is 1. The summed E-state index contributed by atoms with van der Waals surface area (Å²) in [5.41, 5.74) is 13.2. The molecule has 34 heavy (non-hydrogen) atoms. The van der Waals surface area contributed by atoms with Crippen LogP contribution < -0.4 is 26.8 Å². The molecule has 8 heteroatoms. The summed E-state index contributed by atoms with van der Waals surface area (Å²) in [5, 5.41) is 5.92. The van der Waals surface area contributed by atoms with E-state index in [2.05, 4.69) is 10.6 Å². The van der Waals surface area contributed by atoms with Gasteiger partial charge in [-0.15, -0.1) is 0 Å². The van der Waals surface area contributed by atoms with E-state index in [4.69, 9.17) is 16.2 Å². The second-order valence-corrected chi connectivity index (χ2v) is 9.30. The lowest BCUT2D eigenvalue weighted by Gasteiger charge is -2.28. The highest BCUT2D eigenvalue weighted by Gasteiger charge is 2.19. The van der Waals surface area contributed by atoms with E-state index in [0.29, 0.717) is 50.5 Å². The minimum atomic E-state index is -0.322. The number of nitrogens with zero attached hydrogens (tertiary/aromatic N) is 1. The summed E-state index contributed by atoms with van der Waals surface area (Å²) in [4.78, 5) is 26.8. The first-order valence-corrected chi connectivity index (χ1v) is 11.8. The number of nitrogens with two attached hydrogens (primary N) is 2. The van der Waals surface area contributed by atoms with E-state index in [9.17, 15) is 9.59 Å². The summed E-state index contributed by atoms with van der Waals surface area (Å²) in [6.07, 6.45) is 2.30. The van der Waals surface area contributed by atoms with E-state index in [-0.39, 0.29) is 17.5 Å². The molecule has 0 aliphatic heterocycles. The van der Waals surface area contributed by atoms with E-state index in [1.807, 2.05) is 45.0 Å². The van der Waals surface area contributed by atoms with Gasteiger partial charge in [0.1, 0.15) is 5.75 Å². The number of amides is 3. The van der Waals surface area contributed by atoms with E-state index in [1.54, 1.807) is 29.2 Å². The van der Waals surface area contributed by atoms with Crippen molar-refractivity contribution < 1.29 is 14.3 Å². The second kappa shape index (κ2) is 13.4. The zero-order valence-corrected chi connectivity index (χ0v) is 20.6. The first-order chi connectivity index (χ1) is 16.2. The second-order valence-electron chi connectivity index (χ2n) is 9.30. The number of hydrogen-bond acceptors (Lipinski definition) is 5. The summed E-state index contributed by atoms with van der Waals surface area (Å²) in [7, 11) is 0. The minimum absolute atomic E-state index is 0.101. The molecule has 0 saturated carbocycles. The Morgan fingerprint density at radius 3 is 2.21 bits per heavy atom. The smallest absolute Gasteiger partial charge is 0.317 e. The molecule has 0 fully saturated rings. The van der Waals surface area contributed by atoms with E-state index < -0.39 is 0 Å². The normalized spacial score (nSPS) is 11.1. The van der Waals surface area contributed by atoms with Gasteiger partial charge in [-0.2, -0.15) is 0 Å². The van der Waals surface area contributed by atoms with Crippen molar-refractivity contribution in [3.05, 3.63) is 59.7 Å². The molecule has 3 amide bonds. The van der Waals surface area contributed by atoms with Crippen molar-refractivity contribution in [1.82, 2.24) is 15.5 Å². The van der Waals surface area contributed by atoms with Gasteiger partial charge >= 0.3 is 6.03 Å². The fourth-order valence-corrected chi connectivity index (χ4v) is 3.24. The molecule has 2 aromatic rings. The van der Waals surface area contributed by atoms with Gasteiger partial charge in [0.05, 0.1) is 6.61 Å². The number of hydrogen-bond donors (Lipinski definition) is 4. The summed E-state index contributed by atoms with van der Waals surface area (Å²) in [6.45, 7) is 8.60. The molecular weight excluding hydrogens is 430 g/mol. The molecule has 0 aromatic heterocycles. The number of urea groups is 1. The lowest BCUT2D eigenvalue weighted by atomic mass is 10.1. The number of carbonyl (C=O) groups is 2. The van der Waals surface area contributed by atoms with Crippen LogP contribution in [-0.2, 0) is 6.54 Å². The molecular formula is C26H39N5O3. The van der Waals surface area contributed by atoms with E-state index in [0.717, 1.165) is 24.2 Å². The molecule has 0 unspecified atom stereocenters. The number of nitrogens with one attached hydrogen (secondary N) is 2. The SMILES string of the molecule is CC(C)(C)NC(=O)N(CCCCOc1ccc(CN)cc1)CCCNC(=O)c1ccc(N)cc1. The monoisotopic (exact) mass is 469 g/mol. The highest BCUT2D eigenvalue weighted by atomic mass is 16.5. The van der Waals surface area contributed by atoms with Crippen molar-refractivity contribution in [3.63, 3.8) is 0 Å². The molecule has 0 heterocycles. The van der Waals surface area contributed by atoms with E-state index >= 15 is 0 Å². The van der Waals surface area contributed by atoms with E-state index in [1.165, 1.54) is 0 Å². The Morgan fingerprint density at radius 1 is 0.941 bits per heavy atom. The highest BCUT2D eigenvalue weighted by molar-refractivity contribution is 5.94. The van der Waals surface area contributed by atoms with Crippen molar-refractivity contribution in [2.75, 3.05) is 32.0 Å². The lowest BCUT2D eigenvalue weighted by Crippen LogP contribution is -2.49. The standard InChI is InChI=1S/C26H39N5O3/c1-26(2,3)30-25(33)31(16-4-5-18-34-23-13-7-20(19-27)8-14-23)17-6-15-29-24(32)21-9-11-22(28)12-10-21/h7-14H,4-6,15-19,27-28H2,1-3H3,(H,29,32)(H,30,33). The number of carbonyl (C=O) groups excluding carboxylic acids is 2. The molecule has 6 N–H and O–H groups in total. The molecule has 2 aromatic carbocycles. The predicted molar refractivity (Wildman–Crippen MR) is 137 cm³/mol. The Balaban J connectivity index is 1.76. The number of unbranched alkanes of at least 4 members (excludes halogenated alkanes) is 1. The Labute approximate surface area is 203 Å². The Kier molecular flexibility index (Phi) is 10.7. The van der Waals surface area contributed by atoms with Crippen LogP contribution >= 0.6 is 0 Å².